The molecular formula is C8H9N. The molecular weight excluding hydrogens is 110 g/mol. The van der Waals surface area contributed by atoms with E-state index < -0.39 is 0 Å². The molecule has 1 aliphatic heterocycles. The Kier molecular flexibility index (Phi) is 1.03. The normalized spacial score (nSPS) is 37.3. The van der Waals surface area contributed by atoms with Crippen LogP contribution in [0.4, 0.5) is 0 Å². The van der Waals surface area contributed by atoms with Crippen LogP contribution in [0.5, 0.6) is 0 Å². The molecule has 2 unspecified atom stereocenters. The van der Waals surface area contributed by atoms with Crippen LogP contribution in [0.3, 0.4) is 0 Å². The smallest absolute Gasteiger partial charge is 0.0450 e. The highest BCUT2D eigenvalue weighted by Crippen LogP contribution is 2.14. The quantitative estimate of drug-likeness (QED) is 0.472. The molecule has 0 spiro atoms. The molecule has 2 rings (SSSR count). The molecule has 1 aliphatic carbocycles. The summed E-state index contributed by atoms with van der Waals surface area (Å²) < 4.78 is 0. The van der Waals surface area contributed by atoms with Gasteiger partial charge >= 0.3 is 0 Å². The first-order valence-electron chi connectivity index (χ1n) is 3.24. The van der Waals surface area contributed by atoms with Crippen molar-refractivity contribution in [2.45, 2.75) is 12.1 Å². The van der Waals surface area contributed by atoms with E-state index in [1.807, 2.05) is 12.2 Å². The molecule has 1 N–H and O–H groups in total. The fraction of sp³-hybridized carbons (Fsp3) is 0.250. The zero-order valence-corrected chi connectivity index (χ0v) is 5.12. The number of rotatable bonds is 0. The maximum atomic E-state index is 3.30. The van der Waals surface area contributed by atoms with Crippen molar-refractivity contribution in [3.63, 3.8) is 0 Å². The van der Waals surface area contributed by atoms with E-state index in [9.17, 15) is 0 Å². The summed E-state index contributed by atoms with van der Waals surface area (Å²) in [5, 5.41) is 3.30. The fourth-order valence-corrected chi connectivity index (χ4v) is 1.01. The van der Waals surface area contributed by atoms with Gasteiger partial charge in [0.25, 0.3) is 0 Å². The van der Waals surface area contributed by atoms with E-state index in [0.717, 1.165) is 0 Å². The Morgan fingerprint density at radius 1 is 0.778 bits per heavy atom. The maximum Gasteiger partial charge on any atom is 0.0450 e. The van der Waals surface area contributed by atoms with Crippen LogP contribution in [0.1, 0.15) is 0 Å². The number of nitrogens with one attached hydrogen (secondary N) is 1. The Balaban J connectivity index is 2.19. The third kappa shape index (κ3) is 0.958. The van der Waals surface area contributed by atoms with E-state index in [-0.39, 0.29) is 0 Å². The molecule has 2 aliphatic rings. The standard InChI is InChI=1S/C8H9N/c1-2-4-6-8-7(9-8)5-3-1/h1-9H. The summed E-state index contributed by atoms with van der Waals surface area (Å²) >= 11 is 0. The highest BCUT2D eigenvalue weighted by atomic mass is 15.1. The second kappa shape index (κ2) is 1.85. The number of hydrogen-bond acceptors (Lipinski definition) is 1. The molecule has 2 atom stereocenters. The summed E-state index contributed by atoms with van der Waals surface area (Å²) in [6.45, 7) is 0. The molecule has 0 radical (unpaired) electrons. The molecule has 0 amide bonds. The van der Waals surface area contributed by atoms with Gasteiger partial charge in [-0.05, 0) is 0 Å². The Bertz CT molecular complexity index is 169. The molecule has 0 bridgehead atoms. The first kappa shape index (κ1) is 5.00. The van der Waals surface area contributed by atoms with Crippen LogP contribution in [0, 0.1) is 0 Å². The Morgan fingerprint density at radius 3 is 1.89 bits per heavy atom. The van der Waals surface area contributed by atoms with Crippen LogP contribution in [0.15, 0.2) is 36.5 Å². The molecule has 0 saturated carbocycles. The number of allylic oxidation sites excluding steroid dienone is 4. The number of hydrogen-bond donors (Lipinski definition) is 1. The lowest BCUT2D eigenvalue weighted by atomic mass is 10.2. The van der Waals surface area contributed by atoms with E-state index in [4.69, 9.17) is 0 Å². The second-order valence-electron chi connectivity index (χ2n) is 2.37. The molecule has 0 aromatic heterocycles. The van der Waals surface area contributed by atoms with Gasteiger partial charge in [0, 0.05) is 12.1 Å². The average molecular weight is 119 g/mol. The van der Waals surface area contributed by atoms with Crippen molar-refractivity contribution >= 4 is 0 Å². The number of fused-ring (bicyclic) bond motifs is 1. The molecule has 1 fully saturated rings. The molecule has 0 aromatic carbocycles. The van der Waals surface area contributed by atoms with E-state index in [0.29, 0.717) is 12.1 Å². The SMILES string of the molecule is C1=CC=CC2NC2C=C1. The van der Waals surface area contributed by atoms with Gasteiger partial charge in [0.05, 0.1) is 0 Å². The van der Waals surface area contributed by atoms with Crippen molar-refractivity contribution < 1.29 is 0 Å². The molecule has 0 aromatic rings. The highest BCUT2D eigenvalue weighted by Gasteiger charge is 2.30. The Morgan fingerprint density at radius 2 is 1.33 bits per heavy atom. The van der Waals surface area contributed by atoms with Crippen LogP contribution in [-0.4, -0.2) is 12.1 Å². The highest BCUT2D eigenvalue weighted by molar-refractivity contribution is 5.27. The van der Waals surface area contributed by atoms with E-state index in [1.165, 1.54) is 0 Å². The largest absolute Gasteiger partial charge is 0.301 e. The molecule has 46 valence electrons. The summed E-state index contributed by atoms with van der Waals surface area (Å²) in [5.41, 5.74) is 0. The lowest BCUT2D eigenvalue weighted by molar-refractivity contribution is 1.20. The predicted octanol–water partition coefficient (Wildman–Crippen LogP) is 1.01. The van der Waals surface area contributed by atoms with Crippen molar-refractivity contribution in [1.82, 2.24) is 5.32 Å². The molecule has 1 heterocycles. The van der Waals surface area contributed by atoms with Gasteiger partial charge in [-0.3, -0.25) is 0 Å². The van der Waals surface area contributed by atoms with E-state index in [1.54, 1.807) is 0 Å². The van der Waals surface area contributed by atoms with Crippen molar-refractivity contribution in [3.8, 4) is 0 Å². The topological polar surface area (TPSA) is 21.9 Å². The van der Waals surface area contributed by atoms with Crippen molar-refractivity contribution in [3.05, 3.63) is 36.5 Å². The van der Waals surface area contributed by atoms with Gasteiger partial charge in [0.1, 0.15) is 0 Å². The van der Waals surface area contributed by atoms with Gasteiger partial charge < -0.3 is 5.32 Å². The summed E-state index contributed by atoms with van der Waals surface area (Å²) in [5.74, 6) is 0. The monoisotopic (exact) mass is 119 g/mol. The summed E-state index contributed by atoms with van der Waals surface area (Å²) in [6.07, 6.45) is 12.6. The molecule has 9 heavy (non-hydrogen) atoms. The van der Waals surface area contributed by atoms with Gasteiger partial charge in [-0.25, -0.2) is 0 Å². The maximum absolute atomic E-state index is 3.30. The minimum atomic E-state index is 0.617. The first-order valence-corrected chi connectivity index (χ1v) is 3.24. The van der Waals surface area contributed by atoms with E-state index in [2.05, 4.69) is 29.6 Å². The van der Waals surface area contributed by atoms with E-state index >= 15 is 0 Å². The second-order valence-corrected chi connectivity index (χ2v) is 2.37. The average Bonchev–Trinajstić information content (AvgIpc) is 2.46. The Labute approximate surface area is 54.8 Å². The van der Waals surface area contributed by atoms with Crippen molar-refractivity contribution in [2.24, 2.45) is 0 Å². The zero-order chi connectivity index (χ0) is 6.10. The van der Waals surface area contributed by atoms with Gasteiger partial charge in [-0.2, -0.15) is 0 Å². The lowest BCUT2D eigenvalue weighted by Crippen LogP contribution is -1.84. The third-order valence-corrected chi connectivity index (χ3v) is 1.63. The minimum Gasteiger partial charge on any atom is -0.301 e. The summed E-state index contributed by atoms with van der Waals surface area (Å²) in [7, 11) is 0. The van der Waals surface area contributed by atoms with Crippen LogP contribution in [0.25, 0.3) is 0 Å². The lowest BCUT2D eigenvalue weighted by Gasteiger charge is -1.83. The van der Waals surface area contributed by atoms with Gasteiger partial charge in [0.2, 0.25) is 0 Å². The van der Waals surface area contributed by atoms with Crippen molar-refractivity contribution in [2.75, 3.05) is 0 Å². The first-order chi connectivity index (χ1) is 4.47. The predicted molar refractivity (Wildman–Crippen MR) is 38.1 cm³/mol. The van der Waals surface area contributed by atoms with Crippen LogP contribution in [-0.2, 0) is 0 Å². The van der Waals surface area contributed by atoms with Crippen LogP contribution < -0.4 is 5.32 Å². The Hall–Kier alpha value is -0.820. The van der Waals surface area contributed by atoms with Gasteiger partial charge in [0.15, 0.2) is 0 Å². The zero-order valence-electron chi connectivity index (χ0n) is 5.12. The summed E-state index contributed by atoms with van der Waals surface area (Å²) in [4.78, 5) is 0. The van der Waals surface area contributed by atoms with Crippen LogP contribution in [0.2, 0.25) is 0 Å². The van der Waals surface area contributed by atoms with Crippen molar-refractivity contribution in [1.29, 1.82) is 0 Å². The fourth-order valence-electron chi connectivity index (χ4n) is 1.01. The minimum absolute atomic E-state index is 0.617. The van der Waals surface area contributed by atoms with Gasteiger partial charge in [-0.1, -0.05) is 36.5 Å². The van der Waals surface area contributed by atoms with Crippen LogP contribution >= 0.6 is 0 Å². The molecule has 1 nitrogen and oxygen atoms in total. The molecule has 1 saturated heterocycles. The van der Waals surface area contributed by atoms with Gasteiger partial charge in [-0.15, -0.1) is 0 Å². The summed E-state index contributed by atoms with van der Waals surface area (Å²) in [6, 6.07) is 1.23. The third-order valence-electron chi connectivity index (χ3n) is 1.63. The molecule has 1 heteroatoms.